The van der Waals surface area contributed by atoms with Crippen molar-refractivity contribution in [3.8, 4) is 11.5 Å². The molecule has 0 aromatic heterocycles. The van der Waals surface area contributed by atoms with Crippen molar-refractivity contribution >= 4 is 0 Å². The quantitative estimate of drug-likeness (QED) is 0.645. The molecule has 0 unspecified atom stereocenters. The molecule has 0 fully saturated rings. The van der Waals surface area contributed by atoms with Gasteiger partial charge in [-0.3, -0.25) is 0 Å². The zero-order valence-electron chi connectivity index (χ0n) is 12.3. The van der Waals surface area contributed by atoms with Gasteiger partial charge in [0.15, 0.2) is 17.8 Å². The Morgan fingerprint density at radius 1 is 0.947 bits per heavy atom. The summed E-state index contributed by atoms with van der Waals surface area (Å²) in [6, 6.07) is 5.95. The Hall–Kier alpha value is -1.26. The van der Waals surface area contributed by atoms with Gasteiger partial charge in [-0.25, -0.2) is 0 Å². The molecule has 4 heteroatoms. The lowest BCUT2D eigenvalue weighted by Gasteiger charge is -2.17. The summed E-state index contributed by atoms with van der Waals surface area (Å²) in [7, 11) is 3.28. The topological polar surface area (TPSA) is 36.9 Å². The molecule has 0 N–H and O–H groups in total. The van der Waals surface area contributed by atoms with Crippen molar-refractivity contribution in [1.82, 2.24) is 0 Å². The van der Waals surface area contributed by atoms with E-state index in [2.05, 4.69) is 0 Å². The van der Waals surface area contributed by atoms with Gasteiger partial charge in [-0.15, -0.1) is 0 Å². The van der Waals surface area contributed by atoms with Crippen LogP contribution in [0.4, 0.5) is 0 Å². The maximum Gasteiger partial charge on any atom is 0.160 e. The van der Waals surface area contributed by atoms with Gasteiger partial charge in [0.05, 0.1) is 14.2 Å². The minimum atomic E-state index is -0.136. The minimum Gasteiger partial charge on any atom is -0.493 e. The van der Waals surface area contributed by atoms with E-state index in [1.54, 1.807) is 14.2 Å². The maximum atomic E-state index is 5.53. The molecular weight excluding hydrogens is 244 g/mol. The first-order chi connectivity index (χ1) is 9.24. The molecule has 1 aromatic rings. The third-order valence-corrected chi connectivity index (χ3v) is 2.82. The first-order valence-corrected chi connectivity index (χ1v) is 6.69. The Morgan fingerprint density at radius 3 is 2.11 bits per heavy atom. The predicted molar refractivity (Wildman–Crippen MR) is 74.9 cm³/mol. The van der Waals surface area contributed by atoms with Crippen LogP contribution in [0.25, 0.3) is 0 Å². The molecule has 0 amide bonds. The number of ether oxygens (including phenoxy) is 4. The number of aryl methyl sites for hydroxylation is 1. The molecular formula is C15H24O4. The molecule has 0 aliphatic carbocycles. The third kappa shape index (κ3) is 5.09. The Labute approximate surface area is 115 Å². The average Bonchev–Trinajstić information content (AvgIpc) is 2.44. The maximum absolute atomic E-state index is 5.53. The van der Waals surface area contributed by atoms with Gasteiger partial charge < -0.3 is 18.9 Å². The summed E-state index contributed by atoms with van der Waals surface area (Å²) in [5, 5.41) is 0. The summed E-state index contributed by atoms with van der Waals surface area (Å²) in [6.45, 7) is 5.28. The van der Waals surface area contributed by atoms with Crippen molar-refractivity contribution in [2.24, 2.45) is 0 Å². The Kier molecular flexibility index (Phi) is 7.30. The Bertz CT molecular complexity index is 359. The molecule has 0 spiro atoms. The van der Waals surface area contributed by atoms with E-state index in [-0.39, 0.29) is 6.29 Å². The summed E-state index contributed by atoms with van der Waals surface area (Å²) < 4.78 is 21.6. The molecule has 0 saturated heterocycles. The van der Waals surface area contributed by atoms with Crippen molar-refractivity contribution in [3.05, 3.63) is 23.8 Å². The van der Waals surface area contributed by atoms with Gasteiger partial charge in [0.1, 0.15) is 0 Å². The van der Waals surface area contributed by atoms with Crippen LogP contribution in [0, 0.1) is 0 Å². The van der Waals surface area contributed by atoms with Gasteiger partial charge in [-0.2, -0.15) is 0 Å². The second kappa shape index (κ2) is 8.77. The fourth-order valence-corrected chi connectivity index (χ4v) is 1.91. The van der Waals surface area contributed by atoms with Gasteiger partial charge in [0.2, 0.25) is 0 Å². The number of benzene rings is 1. The van der Waals surface area contributed by atoms with E-state index in [1.165, 1.54) is 5.56 Å². The SMILES string of the molecule is CCOC(CCc1ccc(OC)c(OC)c1)OCC. The molecule has 0 heterocycles. The van der Waals surface area contributed by atoms with Crippen LogP contribution in [-0.2, 0) is 15.9 Å². The zero-order chi connectivity index (χ0) is 14.1. The van der Waals surface area contributed by atoms with Gasteiger partial charge in [-0.05, 0) is 38.0 Å². The lowest BCUT2D eigenvalue weighted by molar-refractivity contribution is -0.139. The van der Waals surface area contributed by atoms with Gasteiger partial charge in [0, 0.05) is 19.6 Å². The van der Waals surface area contributed by atoms with E-state index in [4.69, 9.17) is 18.9 Å². The van der Waals surface area contributed by atoms with Crippen LogP contribution in [-0.4, -0.2) is 33.7 Å². The first kappa shape index (κ1) is 15.8. The molecule has 0 aliphatic heterocycles. The number of rotatable bonds is 9. The first-order valence-electron chi connectivity index (χ1n) is 6.69. The summed E-state index contributed by atoms with van der Waals surface area (Å²) in [4.78, 5) is 0. The second-order valence-corrected chi connectivity index (χ2v) is 4.07. The molecule has 0 aliphatic rings. The molecule has 19 heavy (non-hydrogen) atoms. The van der Waals surface area contributed by atoms with Crippen LogP contribution in [0.15, 0.2) is 18.2 Å². The van der Waals surface area contributed by atoms with Crippen molar-refractivity contribution in [2.75, 3.05) is 27.4 Å². The monoisotopic (exact) mass is 268 g/mol. The summed E-state index contributed by atoms with van der Waals surface area (Å²) >= 11 is 0. The van der Waals surface area contributed by atoms with Crippen molar-refractivity contribution in [3.63, 3.8) is 0 Å². The van der Waals surface area contributed by atoms with Gasteiger partial charge >= 0.3 is 0 Å². The predicted octanol–water partition coefficient (Wildman–Crippen LogP) is 3.04. The zero-order valence-corrected chi connectivity index (χ0v) is 12.3. The molecule has 0 atom stereocenters. The highest BCUT2D eigenvalue weighted by Crippen LogP contribution is 2.28. The second-order valence-electron chi connectivity index (χ2n) is 4.07. The highest BCUT2D eigenvalue weighted by atomic mass is 16.7. The fraction of sp³-hybridized carbons (Fsp3) is 0.600. The van der Waals surface area contributed by atoms with Crippen LogP contribution in [0.5, 0.6) is 11.5 Å². The Balaban J connectivity index is 2.60. The summed E-state index contributed by atoms with van der Waals surface area (Å²) in [5.41, 5.74) is 1.18. The fourth-order valence-electron chi connectivity index (χ4n) is 1.91. The highest BCUT2D eigenvalue weighted by Gasteiger charge is 2.10. The van der Waals surface area contributed by atoms with E-state index >= 15 is 0 Å². The molecule has 0 bridgehead atoms. The smallest absolute Gasteiger partial charge is 0.160 e. The summed E-state index contributed by atoms with van der Waals surface area (Å²) in [6.07, 6.45) is 1.57. The van der Waals surface area contributed by atoms with Gasteiger partial charge in [0.25, 0.3) is 0 Å². The van der Waals surface area contributed by atoms with Crippen LogP contribution < -0.4 is 9.47 Å². The lowest BCUT2D eigenvalue weighted by atomic mass is 10.1. The highest BCUT2D eigenvalue weighted by molar-refractivity contribution is 5.42. The van der Waals surface area contributed by atoms with Gasteiger partial charge in [-0.1, -0.05) is 6.07 Å². The third-order valence-electron chi connectivity index (χ3n) is 2.82. The summed E-state index contributed by atoms with van der Waals surface area (Å²) in [5.74, 6) is 1.50. The van der Waals surface area contributed by atoms with E-state index in [0.717, 1.165) is 24.3 Å². The molecule has 0 saturated carbocycles. The van der Waals surface area contributed by atoms with E-state index in [9.17, 15) is 0 Å². The van der Waals surface area contributed by atoms with Crippen molar-refractivity contribution < 1.29 is 18.9 Å². The van der Waals surface area contributed by atoms with Crippen LogP contribution in [0.1, 0.15) is 25.8 Å². The van der Waals surface area contributed by atoms with E-state index in [1.807, 2.05) is 32.0 Å². The van der Waals surface area contributed by atoms with Crippen LogP contribution >= 0.6 is 0 Å². The molecule has 1 rings (SSSR count). The van der Waals surface area contributed by atoms with Crippen molar-refractivity contribution in [1.29, 1.82) is 0 Å². The molecule has 108 valence electrons. The standard InChI is InChI=1S/C15H24O4/c1-5-18-15(19-6-2)10-8-12-7-9-13(16-3)14(11-12)17-4/h7,9,11,15H,5-6,8,10H2,1-4H3. The number of hydrogen-bond donors (Lipinski definition) is 0. The largest absolute Gasteiger partial charge is 0.493 e. The molecule has 0 radical (unpaired) electrons. The van der Waals surface area contributed by atoms with E-state index < -0.39 is 0 Å². The number of methoxy groups -OCH3 is 2. The minimum absolute atomic E-state index is 0.136. The average molecular weight is 268 g/mol. The van der Waals surface area contributed by atoms with E-state index in [0.29, 0.717) is 13.2 Å². The van der Waals surface area contributed by atoms with Crippen LogP contribution in [0.2, 0.25) is 0 Å². The molecule has 4 nitrogen and oxygen atoms in total. The number of hydrogen-bond acceptors (Lipinski definition) is 4. The lowest BCUT2D eigenvalue weighted by Crippen LogP contribution is -2.18. The van der Waals surface area contributed by atoms with Crippen molar-refractivity contribution in [2.45, 2.75) is 33.0 Å². The Morgan fingerprint density at radius 2 is 1.58 bits per heavy atom. The molecule has 1 aromatic carbocycles. The van der Waals surface area contributed by atoms with Crippen LogP contribution in [0.3, 0.4) is 0 Å². The normalized spacial score (nSPS) is 10.8.